The van der Waals surface area contributed by atoms with E-state index in [0.717, 1.165) is 22.8 Å². The van der Waals surface area contributed by atoms with Crippen molar-refractivity contribution in [3.05, 3.63) is 29.2 Å². The van der Waals surface area contributed by atoms with Crippen molar-refractivity contribution < 1.29 is 23.6 Å². The van der Waals surface area contributed by atoms with Crippen LogP contribution in [0.25, 0.3) is 6.08 Å². The molecule has 0 spiro atoms. The Bertz CT molecular complexity index is 942. The lowest BCUT2D eigenvalue weighted by Gasteiger charge is -2.64. The molecule has 0 aromatic heterocycles. The third-order valence-electron chi connectivity index (χ3n) is 7.66. The van der Waals surface area contributed by atoms with E-state index in [1.807, 2.05) is 30.4 Å². The number of carbonyl (C=O) groups is 1. The van der Waals surface area contributed by atoms with Gasteiger partial charge in [0.2, 0.25) is 5.79 Å². The molecule has 2 heterocycles. The molecule has 6 rings (SSSR count). The highest BCUT2D eigenvalue weighted by molar-refractivity contribution is 7.98. The molecule has 2 bridgehead atoms. The van der Waals surface area contributed by atoms with Crippen LogP contribution in [0.1, 0.15) is 63.4 Å². The number of fused-ring (bicyclic) bond motifs is 1. The van der Waals surface area contributed by atoms with E-state index in [2.05, 4.69) is 20.8 Å². The molecule has 30 heavy (non-hydrogen) atoms. The lowest BCUT2D eigenvalue weighted by Crippen LogP contribution is -2.65. The van der Waals surface area contributed by atoms with Crippen molar-refractivity contribution in [1.29, 1.82) is 0 Å². The predicted molar refractivity (Wildman–Crippen MR) is 117 cm³/mol. The smallest absolute Gasteiger partial charge is 0.451 e. The molecule has 2 aliphatic heterocycles. The van der Waals surface area contributed by atoms with Gasteiger partial charge >= 0.3 is 13.1 Å². The molecule has 1 aromatic carbocycles. The zero-order valence-electron chi connectivity index (χ0n) is 18.5. The monoisotopic (exact) mass is 428 g/mol. The molecule has 0 radical (unpaired) electrons. The highest BCUT2D eigenvalue weighted by atomic mass is 32.2. The van der Waals surface area contributed by atoms with Gasteiger partial charge in [-0.25, -0.2) is 4.79 Å². The second-order valence-corrected chi connectivity index (χ2v) is 11.0. The summed E-state index contributed by atoms with van der Waals surface area (Å²) in [5, 5.41) is 0. The van der Waals surface area contributed by atoms with E-state index in [-0.39, 0.29) is 17.7 Å². The fourth-order valence-corrected chi connectivity index (χ4v) is 6.47. The standard InChI is InChI=1S/C23H29BO5S/c1-21(2)14-11-16(21)23(5)17(12-14)28-24(29-23)10-9-13-7-8-15(30-6)18-19(13)26-22(3,4)27-20(18)25/h7-10,14,16-17H,11-12H2,1-6H3/b10-9-/t14-,16-,17?,23-/m0/s1. The Morgan fingerprint density at radius 2 is 1.90 bits per heavy atom. The minimum atomic E-state index is -1.00. The van der Waals surface area contributed by atoms with Gasteiger partial charge in [-0.2, -0.15) is 0 Å². The molecular formula is C23H29BO5S. The van der Waals surface area contributed by atoms with Gasteiger partial charge in [-0.1, -0.05) is 32.0 Å². The van der Waals surface area contributed by atoms with E-state index in [4.69, 9.17) is 18.8 Å². The SMILES string of the molecule is CSc1ccc(/C=C\B2OC3C[C@@H]4C[C@@H](C4(C)C)[C@]3(C)O2)c2c1C(=O)OC(C)(C)O2. The first-order chi connectivity index (χ1) is 14.0. The quantitative estimate of drug-likeness (QED) is 0.385. The third-order valence-corrected chi connectivity index (χ3v) is 8.44. The molecule has 4 atom stereocenters. The zero-order chi connectivity index (χ0) is 21.5. The molecule has 7 heteroatoms. The Labute approximate surface area is 183 Å². The van der Waals surface area contributed by atoms with Gasteiger partial charge in [-0.05, 0) is 49.3 Å². The van der Waals surface area contributed by atoms with Gasteiger partial charge in [-0.3, -0.25) is 0 Å². The number of benzene rings is 1. The average Bonchev–Trinajstić information content (AvgIpc) is 3.00. The molecule has 0 N–H and O–H groups in total. The predicted octanol–water partition coefficient (Wildman–Crippen LogP) is 4.97. The number of cyclic esters (lactones) is 1. The maximum Gasteiger partial charge on any atom is 0.486 e. The van der Waals surface area contributed by atoms with E-state index in [9.17, 15) is 4.79 Å². The summed E-state index contributed by atoms with van der Waals surface area (Å²) in [5.74, 6) is 2.40. The molecule has 160 valence electrons. The van der Waals surface area contributed by atoms with Gasteiger partial charge < -0.3 is 18.8 Å². The first-order valence-corrected chi connectivity index (χ1v) is 11.9. The van der Waals surface area contributed by atoms with E-state index in [1.165, 1.54) is 18.2 Å². The summed E-state index contributed by atoms with van der Waals surface area (Å²) in [6.45, 7) is 10.4. The number of rotatable bonds is 3. The Morgan fingerprint density at radius 3 is 2.60 bits per heavy atom. The molecule has 3 saturated carbocycles. The van der Waals surface area contributed by atoms with Crippen molar-refractivity contribution in [3.8, 4) is 5.75 Å². The van der Waals surface area contributed by atoms with Crippen LogP contribution >= 0.6 is 11.8 Å². The van der Waals surface area contributed by atoms with E-state index in [1.54, 1.807) is 13.8 Å². The van der Waals surface area contributed by atoms with Crippen molar-refractivity contribution in [1.82, 2.24) is 0 Å². The summed E-state index contributed by atoms with van der Waals surface area (Å²) in [6.07, 6.45) is 6.31. The molecule has 4 fully saturated rings. The normalized spacial score (nSPS) is 35.3. The fraction of sp³-hybridized carbons (Fsp3) is 0.609. The lowest BCUT2D eigenvalue weighted by molar-refractivity contribution is -0.199. The van der Waals surface area contributed by atoms with Gasteiger partial charge in [0.05, 0.1) is 11.7 Å². The van der Waals surface area contributed by atoms with Crippen LogP contribution < -0.4 is 4.74 Å². The summed E-state index contributed by atoms with van der Waals surface area (Å²) in [6, 6.07) is 3.90. The highest BCUT2D eigenvalue weighted by Crippen LogP contribution is 2.65. The molecule has 1 aromatic rings. The van der Waals surface area contributed by atoms with E-state index >= 15 is 0 Å². The van der Waals surface area contributed by atoms with Gasteiger partial charge in [0.15, 0.2) is 0 Å². The Morgan fingerprint density at radius 1 is 1.13 bits per heavy atom. The molecular weight excluding hydrogens is 399 g/mol. The van der Waals surface area contributed by atoms with Crippen molar-refractivity contribution in [3.63, 3.8) is 0 Å². The topological polar surface area (TPSA) is 54.0 Å². The molecule has 3 aliphatic carbocycles. The number of thioether (sulfide) groups is 1. The van der Waals surface area contributed by atoms with Crippen LogP contribution in [0.3, 0.4) is 0 Å². The lowest BCUT2D eigenvalue weighted by atomic mass is 9.43. The summed E-state index contributed by atoms with van der Waals surface area (Å²) in [7, 11) is -0.394. The van der Waals surface area contributed by atoms with Crippen LogP contribution in [0, 0.1) is 17.3 Å². The minimum absolute atomic E-state index is 0.141. The zero-order valence-corrected chi connectivity index (χ0v) is 19.3. The Hall–Kier alpha value is -1.44. The largest absolute Gasteiger partial charge is 0.486 e. The third kappa shape index (κ3) is 2.89. The van der Waals surface area contributed by atoms with Crippen molar-refractivity contribution in [2.75, 3.05) is 6.26 Å². The van der Waals surface area contributed by atoms with Gasteiger partial charge in [0, 0.05) is 24.3 Å². The van der Waals surface area contributed by atoms with Crippen LogP contribution in [-0.4, -0.2) is 36.8 Å². The minimum Gasteiger partial charge on any atom is -0.451 e. The Balaban J connectivity index is 1.42. The van der Waals surface area contributed by atoms with Crippen molar-refractivity contribution in [2.24, 2.45) is 17.3 Å². The molecule has 1 saturated heterocycles. The van der Waals surface area contributed by atoms with Gasteiger partial charge in [0.1, 0.15) is 11.3 Å². The van der Waals surface area contributed by atoms with Crippen LogP contribution in [0.2, 0.25) is 0 Å². The van der Waals surface area contributed by atoms with E-state index in [0.29, 0.717) is 22.6 Å². The second kappa shape index (κ2) is 6.53. The molecule has 5 aliphatic rings. The maximum absolute atomic E-state index is 12.6. The fourth-order valence-electron chi connectivity index (χ4n) is 5.89. The van der Waals surface area contributed by atoms with Crippen molar-refractivity contribution in [2.45, 2.75) is 69.8 Å². The van der Waals surface area contributed by atoms with Crippen LogP contribution in [0.5, 0.6) is 5.75 Å². The molecule has 1 unspecified atom stereocenters. The maximum atomic E-state index is 12.6. The summed E-state index contributed by atoms with van der Waals surface area (Å²) >= 11 is 1.50. The number of carbonyl (C=O) groups excluding carboxylic acids is 1. The second-order valence-electron chi connectivity index (χ2n) is 10.1. The van der Waals surface area contributed by atoms with Crippen LogP contribution in [0.4, 0.5) is 0 Å². The summed E-state index contributed by atoms with van der Waals surface area (Å²) in [4.78, 5) is 13.5. The summed E-state index contributed by atoms with van der Waals surface area (Å²) in [5.41, 5.74) is 1.39. The average molecular weight is 428 g/mol. The first-order valence-electron chi connectivity index (χ1n) is 10.7. The number of esters is 1. The highest BCUT2D eigenvalue weighted by Gasteiger charge is 2.67. The molecule has 0 amide bonds. The van der Waals surface area contributed by atoms with Crippen LogP contribution in [-0.2, 0) is 14.0 Å². The first kappa shape index (κ1) is 20.5. The van der Waals surface area contributed by atoms with Crippen molar-refractivity contribution >= 4 is 30.9 Å². The molecule has 5 nitrogen and oxygen atoms in total. The number of hydrogen-bond acceptors (Lipinski definition) is 6. The van der Waals surface area contributed by atoms with Gasteiger partial charge in [0.25, 0.3) is 0 Å². The van der Waals surface area contributed by atoms with Crippen LogP contribution in [0.15, 0.2) is 23.0 Å². The van der Waals surface area contributed by atoms with Gasteiger partial charge in [-0.15, -0.1) is 11.8 Å². The number of hydrogen-bond donors (Lipinski definition) is 0. The van der Waals surface area contributed by atoms with E-state index < -0.39 is 12.9 Å². The Kier molecular flexibility index (Phi) is 4.46. The summed E-state index contributed by atoms with van der Waals surface area (Å²) < 4.78 is 24.3. The number of ether oxygens (including phenoxy) is 2.